The number of amides is 1. The third-order valence-electron chi connectivity index (χ3n) is 3.01. The van der Waals surface area contributed by atoms with Crippen LogP contribution in [0.3, 0.4) is 0 Å². The molecule has 19 heavy (non-hydrogen) atoms. The second-order valence-electron chi connectivity index (χ2n) is 4.73. The van der Waals surface area contributed by atoms with Crippen molar-refractivity contribution in [2.75, 3.05) is 13.2 Å². The Hall–Kier alpha value is -1.86. The van der Waals surface area contributed by atoms with Crippen molar-refractivity contribution < 1.29 is 9.90 Å². The molecule has 2 rings (SSSR count). The topological polar surface area (TPSA) is 62.2 Å². The molecule has 1 aliphatic carbocycles. The van der Waals surface area contributed by atoms with Crippen molar-refractivity contribution in [3.63, 3.8) is 0 Å². The Balaban J connectivity index is 1.89. The lowest BCUT2D eigenvalue weighted by Gasteiger charge is -2.04. The van der Waals surface area contributed by atoms with Crippen LogP contribution in [0.25, 0.3) is 0 Å². The number of nitrogens with one attached hydrogen (secondary N) is 1. The lowest BCUT2D eigenvalue weighted by Crippen LogP contribution is -2.24. The molecule has 4 nitrogen and oxygen atoms in total. The van der Waals surface area contributed by atoms with E-state index >= 15 is 0 Å². The van der Waals surface area contributed by atoms with E-state index in [-0.39, 0.29) is 12.5 Å². The van der Waals surface area contributed by atoms with Crippen LogP contribution >= 0.6 is 0 Å². The van der Waals surface area contributed by atoms with E-state index in [0.29, 0.717) is 17.5 Å². The Morgan fingerprint density at radius 1 is 1.47 bits per heavy atom. The van der Waals surface area contributed by atoms with Gasteiger partial charge >= 0.3 is 0 Å². The van der Waals surface area contributed by atoms with Crippen LogP contribution < -0.4 is 5.32 Å². The van der Waals surface area contributed by atoms with E-state index in [4.69, 9.17) is 5.11 Å². The van der Waals surface area contributed by atoms with Crippen molar-refractivity contribution >= 4 is 5.91 Å². The molecule has 1 aromatic heterocycles. The Labute approximate surface area is 113 Å². The fourth-order valence-electron chi connectivity index (χ4n) is 1.75. The van der Waals surface area contributed by atoms with Gasteiger partial charge in [0.25, 0.3) is 5.91 Å². The molecule has 4 heteroatoms. The van der Waals surface area contributed by atoms with E-state index < -0.39 is 0 Å². The highest BCUT2D eigenvalue weighted by molar-refractivity contribution is 5.94. The summed E-state index contributed by atoms with van der Waals surface area (Å²) in [5, 5.41) is 11.5. The van der Waals surface area contributed by atoms with Gasteiger partial charge < -0.3 is 10.4 Å². The number of pyridine rings is 1. The van der Waals surface area contributed by atoms with Gasteiger partial charge in [-0.3, -0.25) is 9.78 Å². The lowest BCUT2D eigenvalue weighted by molar-refractivity contribution is 0.0952. The summed E-state index contributed by atoms with van der Waals surface area (Å²) in [5.74, 6) is 6.40. The van der Waals surface area contributed by atoms with Gasteiger partial charge in [-0.05, 0) is 18.4 Å². The van der Waals surface area contributed by atoms with Crippen molar-refractivity contribution in [1.29, 1.82) is 0 Å². The molecule has 0 atom stereocenters. The normalized spacial score (nSPS) is 13.5. The summed E-state index contributed by atoms with van der Waals surface area (Å²) in [4.78, 5) is 15.9. The van der Waals surface area contributed by atoms with E-state index in [1.165, 1.54) is 12.8 Å². The number of nitrogens with zero attached hydrogens (tertiary/aromatic N) is 1. The molecule has 1 fully saturated rings. The first-order valence-corrected chi connectivity index (χ1v) is 6.62. The SMILES string of the molecule is O=C(NCCC1CC1)c1cncc(C#CCCO)c1. The average molecular weight is 258 g/mol. The standard InChI is InChI=1S/C15H18N2O2/c18-8-2-1-3-13-9-14(11-16-10-13)15(19)17-7-6-12-4-5-12/h9-12,18H,2,4-8H2,(H,17,19). The Kier molecular flexibility index (Phi) is 4.93. The summed E-state index contributed by atoms with van der Waals surface area (Å²) in [7, 11) is 0. The molecule has 0 bridgehead atoms. The lowest BCUT2D eigenvalue weighted by atomic mass is 10.2. The number of aliphatic hydroxyl groups is 1. The highest BCUT2D eigenvalue weighted by atomic mass is 16.2. The first-order valence-electron chi connectivity index (χ1n) is 6.62. The average Bonchev–Trinajstić information content (AvgIpc) is 3.23. The maximum Gasteiger partial charge on any atom is 0.252 e. The smallest absolute Gasteiger partial charge is 0.252 e. The van der Waals surface area contributed by atoms with Crippen molar-refractivity contribution in [2.24, 2.45) is 5.92 Å². The quantitative estimate of drug-likeness (QED) is 0.784. The molecule has 1 aliphatic rings. The number of aliphatic hydroxyl groups excluding tert-OH is 1. The van der Waals surface area contributed by atoms with Crippen LogP contribution in [0.4, 0.5) is 0 Å². The predicted octanol–water partition coefficient (Wildman–Crippen LogP) is 1.35. The third kappa shape index (κ3) is 4.72. The van der Waals surface area contributed by atoms with Gasteiger partial charge in [0.05, 0.1) is 12.2 Å². The molecule has 1 heterocycles. The van der Waals surface area contributed by atoms with E-state index in [0.717, 1.165) is 18.9 Å². The molecule has 100 valence electrons. The van der Waals surface area contributed by atoms with Crippen LogP contribution in [0.2, 0.25) is 0 Å². The molecule has 2 N–H and O–H groups in total. The van der Waals surface area contributed by atoms with Crippen LogP contribution in [0.15, 0.2) is 18.5 Å². The maximum absolute atomic E-state index is 11.9. The second-order valence-corrected chi connectivity index (χ2v) is 4.73. The third-order valence-corrected chi connectivity index (χ3v) is 3.01. The molecule has 0 radical (unpaired) electrons. The van der Waals surface area contributed by atoms with Gasteiger partial charge in [-0.1, -0.05) is 24.7 Å². The van der Waals surface area contributed by atoms with E-state index in [2.05, 4.69) is 22.1 Å². The summed E-state index contributed by atoms with van der Waals surface area (Å²) in [6.45, 7) is 0.770. The highest BCUT2D eigenvalue weighted by Crippen LogP contribution is 2.31. The monoisotopic (exact) mass is 258 g/mol. The fraction of sp³-hybridized carbons (Fsp3) is 0.467. The molecule has 0 aromatic carbocycles. The highest BCUT2D eigenvalue weighted by Gasteiger charge is 2.20. The first kappa shape index (κ1) is 13.6. The van der Waals surface area contributed by atoms with E-state index in [1.807, 2.05) is 0 Å². The van der Waals surface area contributed by atoms with Gasteiger partial charge in [0.1, 0.15) is 0 Å². The van der Waals surface area contributed by atoms with Gasteiger partial charge in [0.15, 0.2) is 0 Å². The number of carbonyl (C=O) groups is 1. The number of carbonyl (C=O) groups excluding carboxylic acids is 1. The van der Waals surface area contributed by atoms with Crippen LogP contribution in [-0.4, -0.2) is 29.1 Å². The number of hydrogen-bond donors (Lipinski definition) is 2. The van der Waals surface area contributed by atoms with Gasteiger partial charge in [0.2, 0.25) is 0 Å². The van der Waals surface area contributed by atoms with E-state index in [1.54, 1.807) is 18.5 Å². The number of aromatic nitrogens is 1. The zero-order valence-corrected chi connectivity index (χ0v) is 10.9. The van der Waals surface area contributed by atoms with Crippen molar-refractivity contribution in [3.05, 3.63) is 29.6 Å². The van der Waals surface area contributed by atoms with Gasteiger partial charge in [-0.2, -0.15) is 0 Å². The summed E-state index contributed by atoms with van der Waals surface area (Å²) in [5.41, 5.74) is 1.23. The van der Waals surface area contributed by atoms with Crippen molar-refractivity contribution in [1.82, 2.24) is 10.3 Å². The molecule has 1 saturated carbocycles. The first-order chi connectivity index (χ1) is 9.29. The maximum atomic E-state index is 11.9. The molecule has 0 aliphatic heterocycles. The molecule has 0 unspecified atom stereocenters. The van der Waals surface area contributed by atoms with Crippen LogP contribution in [0.1, 0.15) is 41.6 Å². The van der Waals surface area contributed by atoms with Gasteiger partial charge in [-0.25, -0.2) is 0 Å². The minimum absolute atomic E-state index is 0.0434. The Bertz CT molecular complexity index is 498. The summed E-state index contributed by atoms with van der Waals surface area (Å²) in [6, 6.07) is 1.73. The van der Waals surface area contributed by atoms with E-state index in [9.17, 15) is 4.79 Å². The molecule has 1 aromatic rings. The molecular weight excluding hydrogens is 240 g/mol. The molecular formula is C15H18N2O2. The van der Waals surface area contributed by atoms with Gasteiger partial charge in [0, 0.05) is 30.9 Å². The summed E-state index contributed by atoms with van der Waals surface area (Å²) < 4.78 is 0. The summed E-state index contributed by atoms with van der Waals surface area (Å²) in [6.07, 6.45) is 7.25. The fourth-order valence-corrected chi connectivity index (χ4v) is 1.75. The minimum Gasteiger partial charge on any atom is -0.395 e. The summed E-state index contributed by atoms with van der Waals surface area (Å²) >= 11 is 0. The largest absolute Gasteiger partial charge is 0.395 e. The zero-order valence-electron chi connectivity index (χ0n) is 10.9. The van der Waals surface area contributed by atoms with Crippen molar-refractivity contribution in [2.45, 2.75) is 25.7 Å². The van der Waals surface area contributed by atoms with Crippen LogP contribution in [0, 0.1) is 17.8 Å². The van der Waals surface area contributed by atoms with Crippen molar-refractivity contribution in [3.8, 4) is 11.8 Å². The predicted molar refractivity (Wildman–Crippen MR) is 72.5 cm³/mol. The number of hydrogen-bond acceptors (Lipinski definition) is 3. The molecule has 0 saturated heterocycles. The molecule has 1 amide bonds. The second kappa shape index (κ2) is 6.91. The molecule has 0 spiro atoms. The minimum atomic E-state index is -0.0982. The Morgan fingerprint density at radius 2 is 2.32 bits per heavy atom. The zero-order chi connectivity index (χ0) is 13.5. The Morgan fingerprint density at radius 3 is 3.05 bits per heavy atom. The van der Waals surface area contributed by atoms with Crippen LogP contribution in [0.5, 0.6) is 0 Å². The van der Waals surface area contributed by atoms with Gasteiger partial charge in [-0.15, -0.1) is 0 Å². The number of rotatable bonds is 5. The van der Waals surface area contributed by atoms with Crippen LogP contribution in [-0.2, 0) is 0 Å².